The highest BCUT2D eigenvalue weighted by atomic mass is 32.1. The van der Waals surface area contributed by atoms with Crippen molar-refractivity contribution in [3.8, 4) is 11.5 Å². The lowest BCUT2D eigenvalue weighted by atomic mass is 10.2. The van der Waals surface area contributed by atoms with Crippen LogP contribution >= 0.6 is 12.2 Å². The molecule has 3 N–H and O–H groups in total. The van der Waals surface area contributed by atoms with E-state index in [9.17, 15) is 9.90 Å². The summed E-state index contributed by atoms with van der Waals surface area (Å²) in [6, 6.07) is 13.2. The van der Waals surface area contributed by atoms with Gasteiger partial charge < -0.3 is 19.9 Å². The molecule has 2 aromatic rings. The SMILES string of the molecule is CCOCCOc1ccc(C(=O)NC(=S)Nc2cccc(O)c2)cc1. The van der Waals surface area contributed by atoms with Crippen molar-refractivity contribution in [1.82, 2.24) is 5.32 Å². The first-order valence-corrected chi connectivity index (χ1v) is 8.21. The first-order valence-electron chi connectivity index (χ1n) is 7.80. The molecule has 0 spiro atoms. The van der Waals surface area contributed by atoms with Crippen molar-refractivity contribution in [2.75, 3.05) is 25.1 Å². The topological polar surface area (TPSA) is 79.8 Å². The Balaban J connectivity index is 1.84. The van der Waals surface area contributed by atoms with Crippen molar-refractivity contribution in [2.45, 2.75) is 6.92 Å². The summed E-state index contributed by atoms with van der Waals surface area (Å²) < 4.78 is 10.7. The Labute approximate surface area is 151 Å². The lowest BCUT2D eigenvalue weighted by molar-refractivity contribution is 0.0977. The fourth-order valence-electron chi connectivity index (χ4n) is 1.99. The molecule has 7 heteroatoms. The molecule has 0 bridgehead atoms. The van der Waals surface area contributed by atoms with E-state index in [2.05, 4.69) is 10.6 Å². The number of aromatic hydroxyl groups is 1. The van der Waals surface area contributed by atoms with Gasteiger partial charge >= 0.3 is 0 Å². The minimum absolute atomic E-state index is 0.110. The number of anilines is 1. The normalized spacial score (nSPS) is 10.1. The largest absolute Gasteiger partial charge is 0.508 e. The van der Waals surface area contributed by atoms with E-state index in [0.717, 1.165) is 0 Å². The molecule has 6 nitrogen and oxygen atoms in total. The standard InChI is InChI=1S/C18H20N2O4S/c1-2-23-10-11-24-16-8-6-13(7-9-16)17(22)20-18(25)19-14-4-3-5-15(21)12-14/h3-9,12,21H,2,10-11H2,1H3,(H2,19,20,22,25). The molecule has 25 heavy (non-hydrogen) atoms. The number of hydrogen-bond acceptors (Lipinski definition) is 5. The fraction of sp³-hybridized carbons (Fsp3) is 0.222. The number of carbonyl (C=O) groups excluding carboxylic acids is 1. The Kier molecular flexibility index (Phi) is 7.18. The maximum atomic E-state index is 12.2. The van der Waals surface area contributed by atoms with Gasteiger partial charge in [0.25, 0.3) is 5.91 Å². The quantitative estimate of drug-likeness (QED) is 0.520. The summed E-state index contributed by atoms with van der Waals surface area (Å²) in [6.45, 7) is 3.55. The van der Waals surface area contributed by atoms with E-state index in [1.807, 2.05) is 6.92 Å². The van der Waals surface area contributed by atoms with Crippen LogP contribution in [0.3, 0.4) is 0 Å². The average molecular weight is 360 g/mol. The maximum Gasteiger partial charge on any atom is 0.257 e. The van der Waals surface area contributed by atoms with Gasteiger partial charge in [0.2, 0.25) is 0 Å². The van der Waals surface area contributed by atoms with Gasteiger partial charge in [-0.2, -0.15) is 0 Å². The van der Waals surface area contributed by atoms with Gasteiger partial charge in [-0.3, -0.25) is 10.1 Å². The molecule has 2 rings (SSSR count). The highest BCUT2D eigenvalue weighted by Crippen LogP contribution is 2.15. The minimum atomic E-state index is -0.335. The number of thiocarbonyl (C=S) groups is 1. The number of carbonyl (C=O) groups is 1. The second kappa shape index (κ2) is 9.61. The van der Waals surface area contributed by atoms with Crippen LogP contribution in [-0.4, -0.2) is 35.9 Å². The molecule has 0 aromatic heterocycles. The molecule has 0 heterocycles. The van der Waals surface area contributed by atoms with Crippen LogP contribution in [0.1, 0.15) is 17.3 Å². The first kappa shape index (κ1) is 18.7. The molecule has 0 aliphatic rings. The maximum absolute atomic E-state index is 12.2. The summed E-state index contributed by atoms with van der Waals surface area (Å²) in [5.41, 5.74) is 1.04. The van der Waals surface area contributed by atoms with Crippen LogP contribution in [-0.2, 0) is 4.74 Å². The summed E-state index contributed by atoms with van der Waals surface area (Å²) in [5.74, 6) is 0.439. The lowest BCUT2D eigenvalue weighted by Crippen LogP contribution is -2.34. The molecule has 0 unspecified atom stereocenters. The number of nitrogens with one attached hydrogen (secondary N) is 2. The molecule has 1 amide bonds. The van der Waals surface area contributed by atoms with Crippen LogP contribution in [0.15, 0.2) is 48.5 Å². The second-order valence-corrected chi connectivity index (χ2v) is 5.44. The predicted molar refractivity (Wildman–Crippen MR) is 100 cm³/mol. The Bertz CT molecular complexity index is 719. The van der Waals surface area contributed by atoms with Gasteiger partial charge in [-0.05, 0) is 55.5 Å². The van der Waals surface area contributed by atoms with E-state index >= 15 is 0 Å². The molecule has 132 valence electrons. The van der Waals surface area contributed by atoms with Crippen LogP contribution < -0.4 is 15.4 Å². The summed E-state index contributed by atoms with van der Waals surface area (Å²) in [5, 5.41) is 15.0. The third kappa shape index (κ3) is 6.40. The van der Waals surface area contributed by atoms with Crippen LogP contribution in [0.25, 0.3) is 0 Å². The zero-order valence-electron chi connectivity index (χ0n) is 13.8. The van der Waals surface area contributed by atoms with E-state index in [1.54, 1.807) is 42.5 Å². The van der Waals surface area contributed by atoms with Gasteiger partial charge in [-0.1, -0.05) is 6.07 Å². The van der Waals surface area contributed by atoms with E-state index in [1.165, 1.54) is 6.07 Å². The van der Waals surface area contributed by atoms with Crippen LogP contribution in [0.4, 0.5) is 5.69 Å². The summed E-state index contributed by atoms with van der Waals surface area (Å²) in [6.07, 6.45) is 0. The molecule has 2 aromatic carbocycles. The minimum Gasteiger partial charge on any atom is -0.508 e. The second-order valence-electron chi connectivity index (χ2n) is 5.03. The Morgan fingerprint density at radius 2 is 1.92 bits per heavy atom. The molecule has 0 fully saturated rings. The van der Waals surface area contributed by atoms with Gasteiger partial charge in [0.05, 0.1) is 6.61 Å². The first-order chi connectivity index (χ1) is 12.1. The molecule has 0 radical (unpaired) electrons. The molecule has 0 atom stereocenters. The number of phenols is 1. The molecule has 0 saturated heterocycles. The average Bonchev–Trinajstić information content (AvgIpc) is 2.59. The van der Waals surface area contributed by atoms with Gasteiger partial charge in [0.1, 0.15) is 18.1 Å². The van der Waals surface area contributed by atoms with Crippen LogP contribution in [0, 0.1) is 0 Å². The molecule has 0 saturated carbocycles. The molecule has 0 aliphatic heterocycles. The number of amides is 1. The number of benzene rings is 2. The summed E-state index contributed by atoms with van der Waals surface area (Å²) in [7, 11) is 0. The van der Waals surface area contributed by atoms with Crippen molar-refractivity contribution >= 4 is 28.9 Å². The third-order valence-electron chi connectivity index (χ3n) is 3.15. The zero-order valence-corrected chi connectivity index (χ0v) is 14.6. The van der Waals surface area contributed by atoms with Gasteiger partial charge in [0, 0.05) is 23.9 Å². The monoisotopic (exact) mass is 360 g/mol. The van der Waals surface area contributed by atoms with Crippen LogP contribution in [0.5, 0.6) is 11.5 Å². The lowest BCUT2D eigenvalue weighted by Gasteiger charge is -2.10. The van der Waals surface area contributed by atoms with Gasteiger partial charge in [0.15, 0.2) is 5.11 Å². The Morgan fingerprint density at radius 3 is 2.60 bits per heavy atom. The van der Waals surface area contributed by atoms with E-state index in [0.29, 0.717) is 36.8 Å². The van der Waals surface area contributed by atoms with E-state index in [4.69, 9.17) is 21.7 Å². The van der Waals surface area contributed by atoms with Crippen LogP contribution in [0.2, 0.25) is 0 Å². The van der Waals surface area contributed by atoms with Crippen molar-refractivity contribution in [3.05, 3.63) is 54.1 Å². The Hall–Kier alpha value is -2.64. The van der Waals surface area contributed by atoms with E-state index in [-0.39, 0.29) is 16.8 Å². The number of hydrogen-bond donors (Lipinski definition) is 3. The molecular formula is C18H20N2O4S. The third-order valence-corrected chi connectivity index (χ3v) is 3.35. The van der Waals surface area contributed by atoms with Crippen molar-refractivity contribution in [2.24, 2.45) is 0 Å². The number of ether oxygens (including phenoxy) is 2. The van der Waals surface area contributed by atoms with Crippen molar-refractivity contribution in [3.63, 3.8) is 0 Å². The number of phenolic OH excluding ortho intramolecular Hbond substituents is 1. The zero-order chi connectivity index (χ0) is 18.1. The summed E-state index contributed by atoms with van der Waals surface area (Å²) in [4.78, 5) is 12.2. The molecular weight excluding hydrogens is 340 g/mol. The summed E-state index contributed by atoms with van der Waals surface area (Å²) >= 11 is 5.10. The Morgan fingerprint density at radius 1 is 1.16 bits per heavy atom. The van der Waals surface area contributed by atoms with Gasteiger partial charge in [-0.15, -0.1) is 0 Å². The fourth-order valence-corrected chi connectivity index (χ4v) is 2.20. The number of rotatable bonds is 7. The highest BCUT2D eigenvalue weighted by Gasteiger charge is 2.08. The predicted octanol–water partition coefficient (Wildman–Crippen LogP) is 2.93. The smallest absolute Gasteiger partial charge is 0.257 e. The molecule has 0 aliphatic carbocycles. The van der Waals surface area contributed by atoms with Crippen molar-refractivity contribution < 1.29 is 19.4 Å². The van der Waals surface area contributed by atoms with E-state index < -0.39 is 0 Å². The van der Waals surface area contributed by atoms with Gasteiger partial charge in [-0.25, -0.2) is 0 Å². The highest BCUT2D eigenvalue weighted by molar-refractivity contribution is 7.80. The van der Waals surface area contributed by atoms with Crippen molar-refractivity contribution in [1.29, 1.82) is 0 Å².